The molecule has 0 spiro atoms. The van der Waals surface area contributed by atoms with E-state index in [1.165, 1.54) is 11.1 Å². The van der Waals surface area contributed by atoms with Gasteiger partial charge in [0, 0.05) is 45.4 Å². The summed E-state index contributed by atoms with van der Waals surface area (Å²) in [6.45, 7) is 11.7. The van der Waals surface area contributed by atoms with Crippen molar-refractivity contribution in [1.29, 1.82) is 0 Å². The van der Waals surface area contributed by atoms with Crippen LogP contribution < -0.4 is 10.6 Å². The lowest BCUT2D eigenvalue weighted by atomic mass is 10.0. The molecule has 0 saturated carbocycles. The number of hydrogen-bond acceptors (Lipinski definition) is 3. The minimum atomic E-state index is 0.253. The SMILES string of the molecule is CCCC(CCO)CN=C(NCC)NC1CCN(Cc2ccccc2C)CC1. The Labute approximate surface area is 171 Å². The second-order valence-electron chi connectivity index (χ2n) is 8.01. The van der Waals surface area contributed by atoms with Gasteiger partial charge in [0.15, 0.2) is 5.96 Å². The molecule has 2 rings (SSSR count). The van der Waals surface area contributed by atoms with Gasteiger partial charge in [-0.05, 0) is 56.6 Å². The maximum atomic E-state index is 9.26. The normalized spacial score (nSPS) is 17.5. The zero-order chi connectivity index (χ0) is 20.2. The van der Waals surface area contributed by atoms with E-state index in [4.69, 9.17) is 4.99 Å². The fourth-order valence-electron chi connectivity index (χ4n) is 3.92. The molecule has 1 atom stereocenters. The lowest BCUT2D eigenvalue weighted by molar-refractivity contribution is 0.198. The standard InChI is InChI=1S/C23H40N4O/c1-4-8-20(13-16-28)17-25-23(24-5-2)26-22-11-14-27(15-12-22)18-21-10-7-6-9-19(21)3/h6-7,9-10,20,22,28H,4-5,8,11-18H2,1-3H3,(H2,24,25,26). The second-order valence-corrected chi connectivity index (χ2v) is 8.01. The van der Waals surface area contributed by atoms with E-state index in [9.17, 15) is 5.11 Å². The van der Waals surface area contributed by atoms with Gasteiger partial charge in [0.1, 0.15) is 0 Å². The van der Waals surface area contributed by atoms with Gasteiger partial charge >= 0.3 is 0 Å². The van der Waals surface area contributed by atoms with E-state index in [2.05, 4.69) is 60.6 Å². The smallest absolute Gasteiger partial charge is 0.191 e. The van der Waals surface area contributed by atoms with Crippen LogP contribution in [0.2, 0.25) is 0 Å². The Bertz CT molecular complexity index is 576. The number of hydrogen-bond donors (Lipinski definition) is 3. The molecular weight excluding hydrogens is 348 g/mol. The molecule has 1 fully saturated rings. The van der Waals surface area contributed by atoms with Gasteiger partial charge < -0.3 is 15.7 Å². The molecule has 0 bridgehead atoms. The number of aliphatic imine (C=N–C) groups is 1. The van der Waals surface area contributed by atoms with Crippen molar-refractivity contribution in [3.05, 3.63) is 35.4 Å². The monoisotopic (exact) mass is 388 g/mol. The highest BCUT2D eigenvalue weighted by atomic mass is 16.3. The van der Waals surface area contributed by atoms with Crippen molar-refractivity contribution >= 4 is 5.96 Å². The number of likely N-dealkylation sites (tertiary alicyclic amines) is 1. The van der Waals surface area contributed by atoms with Gasteiger partial charge in [0.2, 0.25) is 0 Å². The number of rotatable bonds is 10. The minimum absolute atomic E-state index is 0.253. The van der Waals surface area contributed by atoms with E-state index in [1.807, 2.05) is 0 Å². The lowest BCUT2D eigenvalue weighted by Gasteiger charge is -2.33. The molecule has 1 aliphatic heterocycles. The van der Waals surface area contributed by atoms with Gasteiger partial charge in [0.05, 0.1) is 0 Å². The van der Waals surface area contributed by atoms with Crippen LogP contribution in [0.3, 0.4) is 0 Å². The zero-order valence-electron chi connectivity index (χ0n) is 18.1. The first-order valence-electron chi connectivity index (χ1n) is 11.1. The van der Waals surface area contributed by atoms with Crippen LogP contribution in [0.25, 0.3) is 0 Å². The lowest BCUT2D eigenvalue weighted by Crippen LogP contribution is -2.48. The maximum Gasteiger partial charge on any atom is 0.191 e. The predicted octanol–water partition coefficient (Wildman–Crippen LogP) is 3.31. The summed E-state index contributed by atoms with van der Waals surface area (Å²) in [6.07, 6.45) is 5.40. The maximum absolute atomic E-state index is 9.26. The Kier molecular flexibility index (Phi) is 10.4. The number of nitrogens with zero attached hydrogens (tertiary/aromatic N) is 2. The first-order valence-corrected chi connectivity index (χ1v) is 11.1. The molecule has 1 aliphatic rings. The van der Waals surface area contributed by atoms with E-state index in [-0.39, 0.29) is 6.61 Å². The fraction of sp³-hybridized carbons (Fsp3) is 0.696. The Morgan fingerprint density at radius 2 is 1.96 bits per heavy atom. The summed E-state index contributed by atoms with van der Waals surface area (Å²) in [6, 6.07) is 9.18. The first-order chi connectivity index (χ1) is 13.7. The van der Waals surface area contributed by atoms with Crippen molar-refractivity contribution in [2.45, 2.75) is 65.5 Å². The fourth-order valence-corrected chi connectivity index (χ4v) is 3.92. The number of benzene rings is 1. The zero-order valence-corrected chi connectivity index (χ0v) is 18.1. The van der Waals surface area contributed by atoms with Gasteiger partial charge in [-0.2, -0.15) is 0 Å². The van der Waals surface area contributed by atoms with Crippen molar-refractivity contribution in [2.75, 3.05) is 32.8 Å². The van der Waals surface area contributed by atoms with E-state index < -0.39 is 0 Å². The number of nitrogens with one attached hydrogen (secondary N) is 2. The van der Waals surface area contributed by atoms with Crippen LogP contribution in [0.5, 0.6) is 0 Å². The summed E-state index contributed by atoms with van der Waals surface area (Å²) < 4.78 is 0. The van der Waals surface area contributed by atoms with Crippen LogP contribution in [0.15, 0.2) is 29.3 Å². The van der Waals surface area contributed by atoms with E-state index in [1.54, 1.807) is 0 Å². The molecule has 1 heterocycles. The first kappa shape index (κ1) is 22.7. The summed E-state index contributed by atoms with van der Waals surface area (Å²) in [5.41, 5.74) is 2.82. The van der Waals surface area contributed by atoms with Crippen LogP contribution >= 0.6 is 0 Å². The summed E-state index contributed by atoms with van der Waals surface area (Å²) in [4.78, 5) is 7.37. The van der Waals surface area contributed by atoms with Crippen molar-refractivity contribution in [1.82, 2.24) is 15.5 Å². The molecule has 1 saturated heterocycles. The molecule has 158 valence electrons. The second kappa shape index (κ2) is 12.8. The summed E-state index contributed by atoms with van der Waals surface area (Å²) in [7, 11) is 0. The third-order valence-electron chi connectivity index (χ3n) is 5.67. The summed E-state index contributed by atoms with van der Waals surface area (Å²) in [5, 5.41) is 16.3. The summed E-state index contributed by atoms with van der Waals surface area (Å²) in [5.74, 6) is 1.40. The Morgan fingerprint density at radius 1 is 1.21 bits per heavy atom. The number of aryl methyl sites for hydroxylation is 1. The van der Waals surface area contributed by atoms with Gasteiger partial charge in [-0.3, -0.25) is 9.89 Å². The Morgan fingerprint density at radius 3 is 2.61 bits per heavy atom. The Balaban J connectivity index is 1.82. The molecule has 28 heavy (non-hydrogen) atoms. The highest BCUT2D eigenvalue weighted by Gasteiger charge is 2.20. The number of guanidine groups is 1. The molecule has 0 aliphatic carbocycles. The third-order valence-corrected chi connectivity index (χ3v) is 5.67. The molecule has 0 aromatic heterocycles. The van der Waals surface area contributed by atoms with E-state index >= 15 is 0 Å². The highest BCUT2D eigenvalue weighted by molar-refractivity contribution is 5.80. The van der Waals surface area contributed by atoms with E-state index in [0.29, 0.717) is 12.0 Å². The average Bonchev–Trinajstić information content (AvgIpc) is 2.69. The van der Waals surface area contributed by atoms with Crippen LogP contribution in [0.1, 0.15) is 57.1 Å². The quantitative estimate of drug-likeness (QED) is 0.425. The molecule has 1 aromatic carbocycles. The molecule has 3 N–H and O–H groups in total. The largest absolute Gasteiger partial charge is 0.396 e. The number of aliphatic hydroxyl groups excluding tert-OH is 1. The summed E-state index contributed by atoms with van der Waals surface area (Å²) >= 11 is 0. The molecule has 0 radical (unpaired) electrons. The molecule has 1 aromatic rings. The van der Waals surface area contributed by atoms with Crippen LogP contribution in [-0.2, 0) is 6.54 Å². The highest BCUT2D eigenvalue weighted by Crippen LogP contribution is 2.16. The van der Waals surface area contributed by atoms with Gasteiger partial charge in [0.25, 0.3) is 0 Å². The topological polar surface area (TPSA) is 59.9 Å². The molecule has 5 heteroatoms. The van der Waals surface area contributed by atoms with Gasteiger partial charge in [-0.15, -0.1) is 0 Å². The predicted molar refractivity (Wildman–Crippen MR) is 119 cm³/mol. The van der Waals surface area contributed by atoms with Gasteiger partial charge in [-0.1, -0.05) is 37.6 Å². The number of aliphatic hydroxyl groups is 1. The molecular formula is C23H40N4O. The van der Waals surface area contributed by atoms with Crippen molar-refractivity contribution in [3.63, 3.8) is 0 Å². The van der Waals surface area contributed by atoms with E-state index in [0.717, 1.165) is 70.8 Å². The molecule has 5 nitrogen and oxygen atoms in total. The van der Waals surface area contributed by atoms with Crippen molar-refractivity contribution < 1.29 is 5.11 Å². The van der Waals surface area contributed by atoms with Crippen molar-refractivity contribution in [3.8, 4) is 0 Å². The minimum Gasteiger partial charge on any atom is -0.396 e. The number of piperidine rings is 1. The Hall–Kier alpha value is -1.59. The van der Waals surface area contributed by atoms with Crippen LogP contribution in [-0.4, -0.2) is 54.8 Å². The van der Waals surface area contributed by atoms with Crippen LogP contribution in [0.4, 0.5) is 0 Å². The molecule has 1 unspecified atom stereocenters. The molecule has 0 amide bonds. The third kappa shape index (κ3) is 7.80. The van der Waals surface area contributed by atoms with Crippen molar-refractivity contribution in [2.24, 2.45) is 10.9 Å². The van der Waals surface area contributed by atoms with Crippen LogP contribution in [0, 0.1) is 12.8 Å². The average molecular weight is 389 g/mol. The van der Waals surface area contributed by atoms with Gasteiger partial charge in [-0.25, -0.2) is 0 Å².